The number of likely N-dealkylation sites (N-methyl/N-ethyl adjacent to an activating group) is 1. The van der Waals surface area contributed by atoms with Crippen LogP contribution in [0.4, 0.5) is 4.79 Å². The predicted molar refractivity (Wildman–Crippen MR) is 80.7 cm³/mol. The third kappa shape index (κ3) is 3.88. The molecular formula is C14H21N5O5. The molecule has 1 aliphatic rings. The number of urea groups is 1. The van der Waals surface area contributed by atoms with Crippen LogP contribution in [0.5, 0.6) is 0 Å². The van der Waals surface area contributed by atoms with Crippen molar-refractivity contribution in [1.82, 2.24) is 25.3 Å². The molecule has 10 nitrogen and oxygen atoms in total. The zero-order chi connectivity index (χ0) is 17.9. The third-order valence-corrected chi connectivity index (χ3v) is 3.58. The summed E-state index contributed by atoms with van der Waals surface area (Å²) >= 11 is 0. The van der Waals surface area contributed by atoms with Gasteiger partial charge < -0.3 is 19.5 Å². The Bertz CT molecular complexity index is 641. The Balaban J connectivity index is 1.92. The molecule has 24 heavy (non-hydrogen) atoms. The summed E-state index contributed by atoms with van der Waals surface area (Å²) in [6.07, 6.45) is 0.509. The summed E-state index contributed by atoms with van der Waals surface area (Å²) in [6, 6.07) is -0.577. The van der Waals surface area contributed by atoms with Gasteiger partial charge in [-0.2, -0.15) is 4.98 Å². The van der Waals surface area contributed by atoms with E-state index in [0.717, 1.165) is 4.90 Å². The highest BCUT2D eigenvalue weighted by Crippen LogP contribution is 2.16. The summed E-state index contributed by atoms with van der Waals surface area (Å²) in [6.45, 7) is 3.39. The van der Waals surface area contributed by atoms with Crippen molar-refractivity contribution in [2.75, 3.05) is 27.3 Å². The van der Waals surface area contributed by atoms with Crippen LogP contribution in [0.15, 0.2) is 4.52 Å². The Kier molecular flexibility index (Phi) is 5.17. The molecule has 1 aliphatic heterocycles. The molecule has 0 spiro atoms. The maximum absolute atomic E-state index is 12.2. The lowest BCUT2D eigenvalue weighted by atomic mass is 10.1. The van der Waals surface area contributed by atoms with Crippen LogP contribution < -0.4 is 5.32 Å². The Morgan fingerprint density at radius 3 is 2.71 bits per heavy atom. The molecule has 10 heteroatoms. The molecule has 0 saturated carbocycles. The molecule has 0 atom stereocenters. The molecule has 0 bridgehead atoms. The van der Waals surface area contributed by atoms with Crippen LogP contribution in [0.1, 0.15) is 25.6 Å². The smallest absolute Gasteiger partial charge is 0.325 e. The Morgan fingerprint density at radius 2 is 2.12 bits per heavy atom. The van der Waals surface area contributed by atoms with E-state index in [1.54, 1.807) is 21.0 Å². The molecule has 2 heterocycles. The number of methoxy groups -OCH3 is 1. The van der Waals surface area contributed by atoms with E-state index in [2.05, 4.69) is 15.5 Å². The van der Waals surface area contributed by atoms with Gasteiger partial charge in [0, 0.05) is 20.6 Å². The van der Waals surface area contributed by atoms with E-state index in [1.807, 2.05) is 0 Å². The minimum absolute atomic E-state index is 0.0891. The maximum Gasteiger partial charge on any atom is 0.325 e. The summed E-state index contributed by atoms with van der Waals surface area (Å²) in [5, 5.41) is 6.30. The number of rotatable bonds is 7. The van der Waals surface area contributed by atoms with Crippen LogP contribution in [-0.4, -0.2) is 70.6 Å². The molecule has 1 aromatic heterocycles. The number of amides is 4. The molecule has 4 amide bonds. The molecule has 0 radical (unpaired) electrons. The van der Waals surface area contributed by atoms with Gasteiger partial charge in [0.15, 0.2) is 5.82 Å². The monoisotopic (exact) mass is 339 g/mol. The highest BCUT2D eigenvalue weighted by Gasteiger charge is 2.45. The standard InChI is InChI=1S/C14H21N5O5/c1-14(2)12(21)19(13(22)16-14)8-11(20)18(3)7-10-15-9(17-24-10)5-6-23-4/h5-8H2,1-4H3,(H,16,22). The quantitative estimate of drug-likeness (QED) is 0.668. The summed E-state index contributed by atoms with van der Waals surface area (Å²) in [5.74, 6) is -0.0836. The van der Waals surface area contributed by atoms with Crippen LogP contribution in [0, 0.1) is 0 Å². The Hall–Kier alpha value is -2.49. The molecule has 132 valence electrons. The van der Waals surface area contributed by atoms with E-state index in [-0.39, 0.29) is 19.0 Å². The molecule has 0 aliphatic carbocycles. The van der Waals surface area contributed by atoms with Crippen molar-refractivity contribution in [3.8, 4) is 0 Å². The number of carbonyl (C=O) groups is 3. The summed E-state index contributed by atoms with van der Waals surface area (Å²) in [7, 11) is 3.11. The Morgan fingerprint density at radius 1 is 1.42 bits per heavy atom. The fourth-order valence-electron chi connectivity index (χ4n) is 2.16. The number of nitrogens with zero attached hydrogens (tertiary/aromatic N) is 4. The van der Waals surface area contributed by atoms with E-state index in [0.29, 0.717) is 18.9 Å². The van der Waals surface area contributed by atoms with Crippen molar-refractivity contribution in [2.24, 2.45) is 0 Å². The molecule has 1 aromatic rings. The zero-order valence-corrected chi connectivity index (χ0v) is 14.2. The first kappa shape index (κ1) is 17.9. The first-order valence-corrected chi connectivity index (χ1v) is 7.43. The summed E-state index contributed by atoms with van der Waals surface area (Å²) < 4.78 is 9.98. The molecule has 1 fully saturated rings. The fraction of sp³-hybridized carbons (Fsp3) is 0.643. The minimum Gasteiger partial charge on any atom is -0.384 e. The topological polar surface area (TPSA) is 118 Å². The lowest BCUT2D eigenvalue weighted by molar-refractivity contribution is -0.138. The largest absolute Gasteiger partial charge is 0.384 e. The molecule has 2 rings (SSSR count). The van der Waals surface area contributed by atoms with Gasteiger partial charge in [-0.3, -0.25) is 14.5 Å². The lowest BCUT2D eigenvalue weighted by Crippen LogP contribution is -2.43. The third-order valence-electron chi connectivity index (χ3n) is 3.58. The molecular weight excluding hydrogens is 318 g/mol. The average molecular weight is 339 g/mol. The maximum atomic E-state index is 12.2. The van der Waals surface area contributed by atoms with Crippen LogP contribution in [0.2, 0.25) is 0 Å². The minimum atomic E-state index is -1.00. The number of imide groups is 1. The van der Waals surface area contributed by atoms with Crippen molar-refractivity contribution in [1.29, 1.82) is 0 Å². The number of aromatic nitrogens is 2. The van der Waals surface area contributed by atoms with E-state index in [1.165, 1.54) is 11.9 Å². The van der Waals surface area contributed by atoms with Crippen molar-refractivity contribution in [3.63, 3.8) is 0 Å². The predicted octanol–water partition coefficient (Wildman–Crippen LogP) is -0.453. The van der Waals surface area contributed by atoms with Gasteiger partial charge in [-0.25, -0.2) is 4.79 Å². The van der Waals surface area contributed by atoms with E-state index in [9.17, 15) is 14.4 Å². The molecule has 1 N–H and O–H groups in total. The second kappa shape index (κ2) is 6.95. The van der Waals surface area contributed by atoms with Crippen molar-refractivity contribution >= 4 is 17.8 Å². The number of carbonyl (C=O) groups excluding carboxylic acids is 3. The van der Waals surface area contributed by atoms with Gasteiger partial charge in [0.1, 0.15) is 12.1 Å². The van der Waals surface area contributed by atoms with E-state index >= 15 is 0 Å². The van der Waals surface area contributed by atoms with E-state index in [4.69, 9.17) is 9.26 Å². The van der Waals surface area contributed by atoms with Gasteiger partial charge in [-0.1, -0.05) is 5.16 Å². The lowest BCUT2D eigenvalue weighted by Gasteiger charge is -2.19. The second-order valence-electron chi connectivity index (χ2n) is 6.04. The average Bonchev–Trinajstić information content (AvgIpc) is 3.02. The van der Waals surface area contributed by atoms with Gasteiger partial charge in [0.05, 0.1) is 13.2 Å². The van der Waals surface area contributed by atoms with Gasteiger partial charge in [-0.15, -0.1) is 0 Å². The van der Waals surface area contributed by atoms with Gasteiger partial charge in [0.25, 0.3) is 5.91 Å². The summed E-state index contributed by atoms with van der Waals surface area (Å²) in [5.41, 5.74) is -1.00. The number of hydrogen-bond acceptors (Lipinski definition) is 7. The SMILES string of the molecule is COCCc1noc(CN(C)C(=O)CN2C(=O)NC(C)(C)C2=O)n1. The highest BCUT2D eigenvalue weighted by molar-refractivity contribution is 6.08. The zero-order valence-electron chi connectivity index (χ0n) is 14.2. The first-order chi connectivity index (χ1) is 11.2. The van der Waals surface area contributed by atoms with E-state index < -0.39 is 23.4 Å². The van der Waals surface area contributed by atoms with Crippen molar-refractivity contribution in [2.45, 2.75) is 32.4 Å². The number of nitrogens with one attached hydrogen (secondary N) is 1. The van der Waals surface area contributed by atoms with Crippen LogP contribution in [0.25, 0.3) is 0 Å². The summed E-state index contributed by atoms with van der Waals surface area (Å²) in [4.78, 5) is 42.5. The van der Waals surface area contributed by atoms with Gasteiger partial charge in [0.2, 0.25) is 11.8 Å². The number of hydrogen-bond donors (Lipinski definition) is 1. The number of ether oxygens (including phenoxy) is 1. The second-order valence-corrected chi connectivity index (χ2v) is 6.04. The van der Waals surface area contributed by atoms with Crippen LogP contribution in [-0.2, 0) is 27.3 Å². The molecule has 1 saturated heterocycles. The highest BCUT2D eigenvalue weighted by atomic mass is 16.5. The van der Waals surface area contributed by atoms with Gasteiger partial charge >= 0.3 is 6.03 Å². The molecule has 0 unspecified atom stereocenters. The first-order valence-electron chi connectivity index (χ1n) is 7.43. The Labute approximate surface area is 139 Å². The van der Waals surface area contributed by atoms with Crippen molar-refractivity contribution in [3.05, 3.63) is 11.7 Å². The fourth-order valence-corrected chi connectivity index (χ4v) is 2.16. The van der Waals surface area contributed by atoms with Crippen molar-refractivity contribution < 1.29 is 23.6 Å². The van der Waals surface area contributed by atoms with Crippen LogP contribution in [0.3, 0.4) is 0 Å². The van der Waals surface area contributed by atoms with Crippen LogP contribution >= 0.6 is 0 Å². The normalized spacial score (nSPS) is 16.4. The molecule has 0 aromatic carbocycles. The van der Waals surface area contributed by atoms with Gasteiger partial charge in [-0.05, 0) is 13.8 Å².